The Labute approximate surface area is 98.7 Å². The van der Waals surface area contributed by atoms with Gasteiger partial charge in [0.1, 0.15) is 5.75 Å². The van der Waals surface area contributed by atoms with Gasteiger partial charge in [0, 0.05) is 24.3 Å². The zero-order valence-corrected chi connectivity index (χ0v) is 9.56. The van der Waals surface area contributed by atoms with Crippen molar-refractivity contribution in [2.24, 2.45) is 0 Å². The molecule has 0 heterocycles. The van der Waals surface area contributed by atoms with Crippen molar-refractivity contribution in [2.45, 2.75) is 0 Å². The number of carboxylic acid groups (broad SMARTS) is 1. The van der Waals surface area contributed by atoms with Crippen LogP contribution >= 0.6 is 0 Å². The SMILES string of the molecule is CNC(=O)c1ccc(OC)c(/C=C/C(=O)O)c1. The van der Waals surface area contributed by atoms with Crippen molar-refractivity contribution >= 4 is 18.0 Å². The lowest BCUT2D eigenvalue weighted by Crippen LogP contribution is -2.17. The van der Waals surface area contributed by atoms with Gasteiger partial charge < -0.3 is 15.2 Å². The van der Waals surface area contributed by atoms with E-state index in [1.165, 1.54) is 20.2 Å². The third-order valence-corrected chi connectivity index (χ3v) is 2.12. The molecule has 0 aromatic heterocycles. The summed E-state index contributed by atoms with van der Waals surface area (Å²) in [5.41, 5.74) is 0.981. The van der Waals surface area contributed by atoms with Crippen LogP contribution in [0.2, 0.25) is 0 Å². The molecular formula is C12H13NO4. The molecule has 5 heteroatoms. The molecule has 0 unspecified atom stereocenters. The summed E-state index contributed by atoms with van der Waals surface area (Å²) >= 11 is 0. The van der Waals surface area contributed by atoms with Crippen molar-refractivity contribution in [2.75, 3.05) is 14.2 Å². The van der Waals surface area contributed by atoms with Crippen LogP contribution in [0.3, 0.4) is 0 Å². The fourth-order valence-electron chi connectivity index (χ4n) is 1.31. The number of carboxylic acids is 1. The molecule has 0 bridgehead atoms. The Morgan fingerprint density at radius 3 is 2.65 bits per heavy atom. The molecule has 0 aliphatic rings. The topological polar surface area (TPSA) is 75.6 Å². The predicted octanol–water partition coefficient (Wildman–Crippen LogP) is 1.15. The van der Waals surface area contributed by atoms with Crippen LogP contribution in [0.5, 0.6) is 5.75 Å². The number of rotatable bonds is 4. The van der Waals surface area contributed by atoms with E-state index in [-0.39, 0.29) is 5.91 Å². The first-order valence-electron chi connectivity index (χ1n) is 4.89. The van der Waals surface area contributed by atoms with Crippen LogP contribution in [0.15, 0.2) is 24.3 Å². The summed E-state index contributed by atoms with van der Waals surface area (Å²) in [6.07, 6.45) is 2.37. The van der Waals surface area contributed by atoms with Crippen molar-refractivity contribution < 1.29 is 19.4 Å². The third kappa shape index (κ3) is 3.34. The van der Waals surface area contributed by atoms with Gasteiger partial charge in [-0.3, -0.25) is 4.79 Å². The lowest BCUT2D eigenvalue weighted by Gasteiger charge is -2.06. The number of carbonyl (C=O) groups is 2. The highest BCUT2D eigenvalue weighted by Crippen LogP contribution is 2.21. The summed E-state index contributed by atoms with van der Waals surface area (Å²) in [5.74, 6) is -0.787. The van der Waals surface area contributed by atoms with E-state index in [2.05, 4.69) is 5.32 Å². The first kappa shape index (κ1) is 12.8. The van der Waals surface area contributed by atoms with Crippen LogP contribution < -0.4 is 10.1 Å². The molecule has 0 saturated carbocycles. The summed E-state index contributed by atoms with van der Waals surface area (Å²) in [6, 6.07) is 4.79. The Bertz CT molecular complexity index is 466. The molecule has 0 spiro atoms. The monoisotopic (exact) mass is 235 g/mol. The number of methoxy groups -OCH3 is 1. The van der Waals surface area contributed by atoms with Crippen LogP contribution in [0.1, 0.15) is 15.9 Å². The second-order valence-electron chi connectivity index (χ2n) is 3.21. The van der Waals surface area contributed by atoms with Crippen LogP contribution in [-0.2, 0) is 4.79 Å². The Hall–Kier alpha value is -2.30. The fourth-order valence-corrected chi connectivity index (χ4v) is 1.31. The molecule has 0 radical (unpaired) electrons. The second-order valence-corrected chi connectivity index (χ2v) is 3.21. The van der Waals surface area contributed by atoms with E-state index in [0.717, 1.165) is 6.08 Å². The van der Waals surface area contributed by atoms with Gasteiger partial charge in [-0.2, -0.15) is 0 Å². The van der Waals surface area contributed by atoms with Gasteiger partial charge in [0.05, 0.1) is 7.11 Å². The van der Waals surface area contributed by atoms with E-state index in [1.54, 1.807) is 18.2 Å². The van der Waals surface area contributed by atoms with Gasteiger partial charge in [-0.05, 0) is 24.3 Å². The largest absolute Gasteiger partial charge is 0.496 e. The first-order chi connectivity index (χ1) is 8.08. The minimum absolute atomic E-state index is 0.238. The maximum absolute atomic E-state index is 11.4. The van der Waals surface area contributed by atoms with Crippen LogP contribution in [-0.4, -0.2) is 31.1 Å². The highest BCUT2D eigenvalue weighted by molar-refractivity contribution is 5.95. The highest BCUT2D eigenvalue weighted by Gasteiger charge is 2.07. The average molecular weight is 235 g/mol. The van der Waals surface area contributed by atoms with Crippen LogP contribution in [0.25, 0.3) is 6.08 Å². The van der Waals surface area contributed by atoms with Gasteiger partial charge in [-0.15, -0.1) is 0 Å². The summed E-state index contributed by atoms with van der Waals surface area (Å²) in [4.78, 5) is 21.9. The molecule has 0 fully saturated rings. The number of aliphatic carboxylic acids is 1. The third-order valence-electron chi connectivity index (χ3n) is 2.12. The van der Waals surface area contributed by atoms with Crippen molar-refractivity contribution in [3.8, 4) is 5.75 Å². The normalized spacial score (nSPS) is 10.2. The first-order valence-corrected chi connectivity index (χ1v) is 4.89. The molecule has 0 atom stereocenters. The number of ether oxygens (including phenoxy) is 1. The Morgan fingerprint density at radius 2 is 2.12 bits per heavy atom. The van der Waals surface area contributed by atoms with Crippen LogP contribution in [0, 0.1) is 0 Å². The van der Waals surface area contributed by atoms with Gasteiger partial charge in [-0.25, -0.2) is 4.79 Å². The van der Waals surface area contributed by atoms with E-state index < -0.39 is 5.97 Å². The number of hydrogen-bond acceptors (Lipinski definition) is 3. The van der Waals surface area contributed by atoms with Gasteiger partial charge >= 0.3 is 5.97 Å². The Kier molecular flexibility index (Phi) is 4.28. The zero-order valence-electron chi connectivity index (χ0n) is 9.56. The molecule has 2 N–H and O–H groups in total. The van der Waals surface area contributed by atoms with E-state index in [4.69, 9.17) is 9.84 Å². The quantitative estimate of drug-likeness (QED) is 0.768. The second kappa shape index (κ2) is 5.69. The van der Waals surface area contributed by atoms with E-state index in [1.807, 2.05) is 0 Å². The molecule has 0 saturated heterocycles. The molecule has 1 aromatic rings. The minimum Gasteiger partial charge on any atom is -0.496 e. The van der Waals surface area contributed by atoms with Gasteiger partial charge in [0.2, 0.25) is 0 Å². The Balaban J connectivity index is 3.15. The van der Waals surface area contributed by atoms with E-state index in [9.17, 15) is 9.59 Å². The van der Waals surface area contributed by atoms with Crippen LogP contribution in [0.4, 0.5) is 0 Å². The number of hydrogen-bond donors (Lipinski definition) is 2. The minimum atomic E-state index is -1.06. The van der Waals surface area contributed by atoms with Crippen molar-refractivity contribution in [3.05, 3.63) is 35.4 Å². The van der Waals surface area contributed by atoms with Gasteiger partial charge in [0.15, 0.2) is 0 Å². The maximum atomic E-state index is 11.4. The molecule has 5 nitrogen and oxygen atoms in total. The molecule has 90 valence electrons. The molecule has 1 rings (SSSR count). The standard InChI is InChI=1S/C12H13NO4/c1-13-12(16)9-3-5-10(17-2)8(7-9)4-6-11(14)15/h3-7H,1-2H3,(H,13,16)(H,14,15)/b6-4+. The number of amides is 1. The Morgan fingerprint density at radius 1 is 1.41 bits per heavy atom. The van der Waals surface area contributed by atoms with Crippen molar-refractivity contribution in [1.82, 2.24) is 5.32 Å². The fraction of sp³-hybridized carbons (Fsp3) is 0.167. The number of carbonyl (C=O) groups excluding carboxylic acids is 1. The summed E-state index contributed by atoms with van der Waals surface area (Å²) in [6.45, 7) is 0. The maximum Gasteiger partial charge on any atom is 0.328 e. The number of benzene rings is 1. The molecule has 0 aliphatic heterocycles. The zero-order chi connectivity index (χ0) is 12.8. The molecule has 0 aliphatic carbocycles. The predicted molar refractivity (Wildman–Crippen MR) is 63.1 cm³/mol. The summed E-state index contributed by atoms with van der Waals surface area (Å²) < 4.78 is 5.07. The molecule has 1 aromatic carbocycles. The molecule has 1 amide bonds. The molecule has 17 heavy (non-hydrogen) atoms. The molecular weight excluding hydrogens is 222 g/mol. The summed E-state index contributed by atoms with van der Waals surface area (Å²) in [7, 11) is 3.01. The smallest absolute Gasteiger partial charge is 0.328 e. The lowest BCUT2D eigenvalue weighted by molar-refractivity contribution is -0.131. The number of nitrogens with one attached hydrogen (secondary N) is 1. The van der Waals surface area contributed by atoms with E-state index in [0.29, 0.717) is 16.9 Å². The van der Waals surface area contributed by atoms with Crippen molar-refractivity contribution in [1.29, 1.82) is 0 Å². The van der Waals surface area contributed by atoms with Gasteiger partial charge in [-0.1, -0.05) is 0 Å². The van der Waals surface area contributed by atoms with Gasteiger partial charge in [0.25, 0.3) is 5.91 Å². The average Bonchev–Trinajstić information content (AvgIpc) is 2.34. The lowest BCUT2D eigenvalue weighted by atomic mass is 10.1. The highest BCUT2D eigenvalue weighted by atomic mass is 16.5. The summed E-state index contributed by atoms with van der Waals surface area (Å²) in [5, 5.41) is 11.0. The van der Waals surface area contributed by atoms with Crippen molar-refractivity contribution in [3.63, 3.8) is 0 Å². The van der Waals surface area contributed by atoms with E-state index >= 15 is 0 Å².